The third-order valence-electron chi connectivity index (χ3n) is 9.48. The molecular formula is C36H45ClN6O2. The summed E-state index contributed by atoms with van der Waals surface area (Å²) in [5.74, 6) is -0.179. The molecule has 2 saturated heterocycles. The van der Waals surface area contributed by atoms with E-state index < -0.39 is 6.04 Å². The van der Waals surface area contributed by atoms with Crippen molar-refractivity contribution in [2.24, 2.45) is 0 Å². The molecule has 0 saturated carbocycles. The molecule has 0 spiro atoms. The SMILES string of the molecule is CC(NC1CCCNC1)c1ccccc1N1CCN(C(=O)[C@@H](Cc2ccc(Cl)cc2)NC(=O)[C@H]2Cc3ccccc3CN2)CC1. The molecule has 0 bridgehead atoms. The molecule has 3 aromatic rings. The number of rotatable bonds is 9. The van der Waals surface area contributed by atoms with E-state index >= 15 is 0 Å². The van der Waals surface area contributed by atoms with Crippen molar-refractivity contribution >= 4 is 29.1 Å². The Kier molecular flexibility index (Phi) is 10.4. The van der Waals surface area contributed by atoms with Crippen LogP contribution in [0.2, 0.25) is 5.02 Å². The number of piperazine rings is 1. The first-order valence-electron chi connectivity index (χ1n) is 16.4. The fraction of sp³-hybridized carbons (Fsp3) is 0.444. The van der Waals surface area contributed by atoms with Gasteiger partial charge >= 0.3 is 0 Å². The summed E-state index contributed by atoms with van der Waals surface area (Å²) in [6.07, 6.45) is 3.41. The average Bonchev–Trinajstić information content (AvgIpc) is 3.09. The summed E-state index contributed by atoms with van der Waals surface area (Å²) in [6, 6.07) is 24.0. The highest BCUT2D eigenvalue weighted by Crippen LogP contribution is 2.28. The molecule has 8 nitrogen and oxygen atoms in total. The van der Waals surface area contributed by atoms with E-state index in [1.54, 1.807) is 0 Å². The lowest BCUT2D eigenvalue weighted by molar-refractivity contribution is -0.137. The van der Waals surface area contributed by atoms with Crippen molar-refractivity contribution in [2.45, 2.75) is 63.3 Å². The first-order chi connectivity index (χ1) is 21.9. The number of nitrogens with one attached hydrogen (secondary N) is 4. The highest BCUT2D eigenvalue weighted by Gasteiger charge is 2.32. The highest BCUT2D eigenvalue weighted by atomic mass is 35.5. The number of carbonyl (C=O) groups is 2. The van der Waals surface area contributed by atoms with Crippen LogP contribution in [-0.2, 0) is 29.0 Å². The maximum atomic E-state index is 14.1. The zero-order valence-electron chi connectivity index (χ0n) is 26.1. The van der Waals surface area contributed by atoms with Crippen molar-refractivity contribution in [1.82, 2.24) is 26.2 Å². The number of para-hydroxylation sites is 1. The summed E-state index contributed by atoms with van der Waals surface area (Å²) in [5, 5.41) is 14.5. The first kappa shape index (κ1) is 31.5. The summed E-state index contributed by atoms with van der Waals surface area (Å²) in [6.45, 7) is 7.67. The van der Waals surface area contributed by atoms with Crippen LogP contribution in [0.25, 0.3) is 0 Å². The number of carbonyl (C=O) groups excluding carboxylic acids is 2. The van der Waals surface area contributed by atoms with Crippen molar-refractivity contribution in [2.75, 3.05) is 44.2 Å². The molecule has 6 rings (SSSR count). The standard InChI is InChI=1S/C36H45ClN6O2/c1-25(40-30-9-6-16-38-24-30)31-10-4-5-11-34(31)42-17-19-43(20-18-42)36(45)33(21-26-12-14-29(37)15-13-26)41-35(44)32-22-27-7-2-3-8-28(27)23-39-32/h2-5,7-8,10-15,25,30,32-33,38-40H,6,9,16-24H2,1H3,(H,41,44)/t25?,30?,32-,33-/m1/s1. The summed E-state index contributed by atoms with van der Waals surface area (Å²) < 4.78 is 0. The smallest absolute Gasteiger partial charge is 0.245 e. The Morgan fingerprint density at radius 2 is 1.69 bits per heavy atom. The highest BCUT2D eigenvalue weighted by molar-refractivity contribution is 6.30. The van der Waals surface area contributed by atoms with E-state index in [0.717, 1.165) is 31.7 Å². The molecule has 0 aliphatic carbocycles. The van der Waals surface area contributed by atoms with Gasteiger partial charge in [0.25, 0.3) is 0 Å². The second-order valence-electron chi connectivity index (χ2n) is 12.6. The number of nitrogens with zero attached hydrogens (tertiary/aromatic N) is 2. The molecule has 3 aliphatic heterocycles. The fourth-order valence-electron chi connectivity index (χ4n) is 6.94. The van der Waals surface area contributed by atoms with Gasteiger partial charge in [-0.25, -0.2) is 0 Å². The number of anilines is 1. The normalized spacial score (nSPS) is 21.5. The Morgan fingerprint density at radius 3 is 2.44 bits per heavy atom. The van der Waals surface area contributed by atoms with E-state index in [9.17, 15) is 9.59 Å². The van der Waals surface area contributed by atoms with Gasteiger partial charge in [0, 0.05) is 68.5 Å². The lowest BCUT2D eigenvalue weighted by Crippen LogP contribution is -2.58. The largest absolute Gasteiger partial charge is 0.368 e. The molecule has 0 aromatic heterocycles. The van der Waals surface area contributed by atoms with Crippen LogP contribution in [-0.4, -0.2) is 74.1 Å². The van der Waals surface area contributed by atoms with Gasteiger partial charge in [-0.05, 0) is 73.2 Å². The van der Waals surface area contributed by atoms with Crippen LogP contribution in [0.1, 0.15) is 48.1 Å². The minimum atomic E-state index is -0.662. The first-order valence-corrected chi connectivity index (χ1v) is 16.8. The second kappa shape index (κ2) is 14.8. The zero-order chi connectivity index (χ0) is 31.2. The lowest BCUT2D eigenvalue weighted by atomic mass is 9.95. The molecule has 0 radical (unpaired) electrons. The van der Waals surface area contributed by atoms with Gasteiger partial charge in [-0.3, -0.25) is 9.59 Å². The molecule has 2 fully saturated rings. The molecule has 4 atom stereocenters. The van der Waals surface area contributed by atoms with E-state index in [1.165, 1.54) is 35.2 Å². The molecule has 3 aliphatic rings. The molecule has 2 amide bonds. The van der Waals surface area contributed by atoms with Crippen molar-refractivity contribution in [3.63, 3.8) is 0 Å². The van der Waals surface area contributed by atoms with Crippen molar-refractivity contribution in [3.05, 3.63) is 100 Å². The maximum absolute atomic E-state index is 14.1. The molecule has 3 aromatic carbocycles. The quantitative estimate of drug-likeness (QED) is 0.288. The second-order valence-corrected chi connectivity index (χ2v) is 13.0. The van der Waals surface area contributed by atoms with E-state index in [2.05, 4.69) is 69.5 Å². The lowest BCUT2D eigenvalue weighted by Gasteiger charge is -2.39. The van der Waals surface area contributed by atoms with E-state index in [-0.39, 0.29) is 23.9 Å². The number of piperidine rings is 1. The fourth-order valence-corrected chi connectivity index (χ4v) is 7.06. The monoisotopic (exact) mass is 628 g/mol. The zero-order valence-corrected chi connectivity index (χ0v) is 26.9. The van der Waals surface area contributed by atoms with Crippen LogP contribution in [0.15, 0.2) is 72.8 Å². The van der Waals surface area contributed by atoms with Crippen LogP contribution < -0.4 is 26.2 Å². The van der Waals surface area contributed by atoms with Crippen molar-refractivity contribution in [3.8, 4) is 0 Å². The Labute approximate surface area is 271 Å². The van der Waals surface area contributed by atoms with Gasteiger partial charge in [-0.1, -0.05) is 66.2 Å². The predicted molar refractivity (Wildman–Crippen MR) is 181 cm³/mol. The van der Waals surface area contributed by atoms with Gasteiger partial charge in [-0.2, -0.15) is 0 Å². The summed E-state index contributed by atoms with van der Waals surface area (Å²) in [4.78, 5) is 31.9. The van der Waals surface area contributed by atoms with Gasteiger partial charge < -0.3 is 31.1 Å². The van der Waals surface area contributed by atoms with Gasteiger partial charge in [0.2, 0.25) is 11.8 Å². The number of hydrogen-bond donors (Lipinski definition) is 4. The third-order valence-corrected chi connectivity index (χ3v) is 9.74. The van der Waals surface area contributed by atoms with E-state index in [1.807, 2.05) is 41.3 Å². The molecule has 4 N–H and O–H groups in total. The number of amides is 2. The number of hydrogen-bond acceptors (Lipinski definition) is 6. The van der Waals surface area contributed by atoms with Gasteiger partial charge in [0.05, 0.1) is 6.04 Å². The molecule has 3 heterocycles. The third kappa shape index (κ3) is 7.87. The van der Waals surface area contributed by atoms with Crippen LogP contribution in [0.5, 0.6) is 0 Å². The van der Waals surface area contributed by atoms with Crippen LogP contribution in [0, 0.1) is 0 Å². The van der Waals surface area contributed by atoms with Crippen LogP contribution in [0.4, 0.5) is 5.69 Å². The molecule has 238 valence electrons. The molecule has 45 heavy (non-hydrogen) atoms. The summed E-state index contributed by atoms with van der Waals surface area (Å²) >= 11 is 6.14. The predicted octanol–water partition coefficient (Wildman–Crippen LogP) is 3.83. The number of fused-ring (bicyclic) bond motifs is 1. The van der Waals surface area contributed by atoms with Crippen molar-refractivity contribution in [1.29, 1.82) is 0 Å². The number of benzene rings is 3. The summed E-state index contributed by atoms with van der Waals surface area (Å²) in [5.41, 5.74) is 5.86. The Bertz CT molecular complexity index is 1450. The van der Waals surface area contributed by atoms with Crippen LogP contribution in [0.3, 0.4) is 0 Å². The van der Waals surface area contributed by atoms with Crippen LogP contribution >= 0.6 is 11.6 Å². The van der Waals surface area contributed by atoms with Crippen molar-refractivity contribution < 1.29 is 9.59 Å². The van der Waals surface area contributed by atoms with Gasteiger partial charge in [0.1, 0.15) is 6.04 Å². The minimum absolute atomic E-state index is 0.0396. The Morgan fingerprint density at radius 1 is 0.956 bits per heavy atom. The average molecular weight is 629 g/mol. The molecular weight excluding hydrogens is 584 g/mol. The molecule has 9 heteroatoms. The Hall–Kier alpha value is -3.43. The Balaban J connectivity index is 1.11. The van der Waals surface area contributed by atoms with Gasteiger partial charge in [-0.15, -0.1) is 0 Å². The van der Waals surface area contributed by atoms with E-state index in [0.29, 0.717) is 43.5 Å². The number of halogens is 1. The summed E-state index contributed by atoms with van der Waals surface area (Å²) in [7, 11) is 0. The molecule has 2 unspecified atom stereocenters. The minimum Gasteiger partial charge on any atom is -0.368 e. The van der Waals surface area contributed by atoms with Gasteiger partial charge in [0.15, 0.2) is 0 Å². The van der Waals surface area contributed by atoms with E-state index in [4.69, 9.17) is 11.6 Å². The topological polar surface area (TPSA) is 88.7 Å². The maximum Gasteiger partial charge on any atom is 0.245 e.